The highest BCUT2D eigenvalue weighted by atomic mass is 16.6. The molecule has 0 aliphatic carbocycles. The van der Waals surface area contributed by atoms with E-state index < -0.39 is 12.1 Å². The first-order valence-corrected chi connectivity index (χ1v) is 4.90. The van der Waals surface area contributed by atoms with Gasteiger partial charge in [0.1, 0.15) is 0 Å². The van der Waals surface area contributed by atoms with Crippen molar-refractivity contribution in [1.82, 2.24) is 0 Å². The van der Waals surface area contributed by atoms with Gasteiger partial charge in [-0.05, 0) is 13.3 Å². The zero-order valence-electron chi connectivity index (χ0n) is 9.20. The highest BCUT2D eigenvalue weighted by Crippen LogP contribution is 2.05. The van der Waals surface area contributed by atoms with Crippen LogP contribution in [0.1, 0.15) is 34.1 Å². The van der Waals surface area contributed by atoms with Gasteiger partial charge in [-0.15, -0.1) is 0 Å². The topological polar surface area (TPSA) is 52.6 Å². The summed E-state index contributed by atoms with van der Waals surface area (Å²) in [5.74, 6) is -1.06. The molecule has 0 aromatic rings. The van der Waals surface area contributed by atoms with E-state index >= 15 is 0 Å². The van der Waals surface area contributed by atoms with E-state index in [0.717, 1.165) is 0 Å². The summed E-state index contributed by atoms with van der Waals surface area (Å²) >= 11 is 0. The van der Waals surface area contributed by atoms with Crippen molar-refractivity contribution in [1.29, 1.82) is 0 Å². The second-order valence-electron chi connectivity index (χ2n) is 3.24. The Labute approximate surface area is 84.6 Å². The smallest absolute Gasteiger partial charge is 0.347 e. The summed E-state index contributed by atoms with van der Waals surface area (Å²) < 4.78 is 9.72. The van der Waals surface area contributed by atoms with Gasteiger partial charge < -0.3 is 9.47 Å². The van der Waals surface area contributed by atoms with Crippen LogP contribution < -0.4 is 0 Å². The normalized spacial score (nSPS) is 12.4. The predicted molar refractivity (Wildman–Crippen MR) is 51.6 cm³/mol. The summed E-state index contributed by atoms with van der Waals surface area (Å²) in [6.45, 7) is 7.24. The third kappa shape index (κ3) is 4.25. The lowest BCUT2D eigenvalue weighted by atomic mass is 10.2. The minimum Gasteiger partial charge on any atom is -0.463 e. The van der Waals surface area contributed by atoms with Crippen LogP contribution in [0.5, 0.6) is 0 Å². The quantitative estimate of drug-likeness (QED) is 0.634. The van der Waals surface area contributed by atoms with Crippen molar-refractivity contribution in [2.75, 3.05) is 6.61 Å². The number of hydrogen-bond acceptors (Lipinski definition) is 4. The highest BCUT2D eigenvalue weighted by Gasteiger charge is 2.23. The Kier molecular flexibility index (Phi) is 5.92. The van der Waals surface area contributed by atoms with Crippen LogP contribution in [-0.2, 0) is 19.1 Å². The molecule has 0 spiro atoms. The largest absolute Gasteiger partial charge is 0.463 e. The molecular weight excluding hydrogens is 184 g/mol. The maximum atomic E-state index is 11.2. The van der Waals surface area contributed by atoms with Crippen molar-refractivity contribution in [2.24, 2.45) is 5.92 Å². The van der Waals surface area contributed by atoms with Crippen molar-refractivity contribution in [2.45, 2.75) is 40.2 Å². The van der Waals surface area contributed by atoms with Gasteiger partial charge in [0.2, 0.25) is 0 Å². The van der Waals surface area contributed by atoms with Gasteiger partial charge in [-0.3, -0.25) is 4.79 Å². The molecule has 0 saturated carbocycles. The molecule has 0 fully saturated rings. The maximum absolute atomic E-state index is 11.2. The minimum absolute atomic E-state index is 0.224. The fourth-order valence-electron chi connectivity index (χ4n) is 0.810. The van der Waals surface area contributed by atoms with Gasteiger partial charge in [0.15, 0.2) is 6.10 Å². The van der Waals surface area contributed by atoms with E-state index in [1.54, 1.807) is 27.7 Å². The monoisotopic (exact) mass is 202 g/mol. The third-order valence-electron chi connectivity index (χ3n) is 1.65. The second kappa shape index (κ2) is 6.40. The lowest BCUT2D eigenvalue weighted by Crippen LogP contribution is -2.30. The summed E-state index contributed by atoms with van der Waals surface area (Å²) in [6, 6.07) is 0. The molecule has 0 heterocycles. The van der Waals surface area contributed by atoms with E-state index in [2.05, 4.69) is 0 Å². The van der Waals surface area contributed by atoms with E-state index in [1.807, 2.05) is 0 Å². The summed E-state index contributed by atoms with van der Waals surface area (Å²) in [4.78, 5) is 22.4. The predicted octanol–water partition coefficient (Wildman–Crippen LogP) is 1.53. The molecule has 14 heavy (non-hydrogen) atoms. The van der Waals surface area contributed by atoms with Gasteiger partial charge in [-0.2, -0.15) is 0 Å². The number of carbonyl (C=O) groups is 2. The summed E-state index contributed by atoms with van der Waals surface area (Å²) in [6.07, 6.45) is -0.318. The fraction of sp³-hybridized carbons (Fsp3) is 0.800. The molecule has 1 atom stereocenters. The van der Waals surface area contributed by atoms with Gasteiger partial charge >= 0.3 is 11.9 Å². The van der Waals surface area contributed by atoms with Crippen molar-refractivity contribution in [3.8, 4) is 0 Å². The lowest BCUT2D eigenvalue weighted by molar-refractivity contribution is -0.169. The van der Waals surface area contributed by atoms with Gasteiger partial charge in [-0.25, -0.2) is 4.79 Å². The van der Waals surface area contributed by atoms with E-state index in [4.69, 9.17) is 9.47 Å². The van der Waals surface area contributed by atoms with Crippen LogP contribution in [0.2, 0.25) is 0 Å². The van der Waals surface area contributed by atoms with Crippen molar-refractivity contribution in [3.05, 3.63) is 0 Å². The molecule has 82 valence electrons. The van der Waals surface area contributed by atoms with Crippen molar-refractivity contribution >= 4 is 11.9 Å². The van der Waals surface area contributed by atoms with E-state index in [0.29, 0.717) is 13.0 Å². The van der Waals surface area contributed by atoms with Gasteiger partial charge in [0.25, 0.3) is 0 Å². The number of carbonyl (C=O) groups excluding carboxylic acids is 2. The van der Waals surface area contributed by atoms with Gasteiger partial charge in [-0.1, -0.05) is 20.8 Å². The Morgan fingerprint density at radius 3 is 2.07 bits per heavy atom. The molecule has 0 saturated heterocycles. The SMILES string of the molecule is CCOC(=O)C(CC)OC(=O)C(C)C. The van der Waals surface area contributed by atoms with Crippen LogP contribution >= 0.6 is 0 Å². The first kappa shape index (κ1) is 12.9. The highest BCUT2D eigenvalue weighted by molar-refractivity contribution is 5.80. The van der Waals surface area contributed by atoms with Crippen LogP contribution in [0.3, 0.4) is 0 Å². The van der Waals surface area contributed by atoms with E-state index in [-0.39, 0.29) is 11.9 Å². The molecule has 0 aromatic heterocycles. The second-order valence-corrected chi connectivity index (χ2v) is 3.24. The Morgan fingerprint density at radius 2 is 1.71 bits per heavy atom. The zero-order chi connectivity index (χ0) is 11.1. The molecule has 0 radical (unpaired) electrons. The first-order valence-electron chi connectivity index (χ1n) is 4.90. The molecule has 0 aliphatic heterocycles. The Morgan fingerprint density at radius 1 is 1.14 bits per heavy atom. The van der Waals surface area contributed by atoms with Crippen LogP contribution in [0, 0.1) is 5.92 Å². The van der Waals surface area contributed by atoms with Crippen molar-refractivity contribution in [3.63, 3.8) is 0 Å². The van der Waals surface area contributed by atoms with E-state index in [1.165, 1.54) is 0 Å². The molecule has 4 heteroatoms. The molecule has 0 aromatic carbocycles. The fourth-order valence-corrected chi connectivity index (χ4v) is 0.810. The Hall–Kier alpha value is -1.06. The molecular formula is C10H18O4. The minimum atomic E-state index is -0.759. The average Bonchev–Trinajstić information content (AvgIpc) is 2.13. The Bertz CT molecular complexity index is 198. The number of esters is 2. The molecule has 0 amide bonds. The molecule has 0 N–H and O–H groups in total. The van der Waals surface area contributed by atoms with Gasteiger partial charge in [0, 0.05) is 0 Å². The number of rotatable bonds is 5. The number of ether oxygens (including phenoxy) is 2. The van der Waals surface area contributed by atoms with Gasteiger partial charge in [0.05, 0.1) is 12.5 Å². The standard InChI is InChI=1S/C10H18O4/c1-5-8(10(12)13-6-2)14-9(11)7(3)4/h7-8H,5-6H2,1-4H3. The maximum Gasteiger partial charge on any atom is 0.347 e. The molecule has 0 bridgehead atoms. The molecule has 1 unspecified atom stereocenters. The molecule has 0 aliphatic rings. The summed E-state index contributed by atoms with van der Waals surface area (Å²) in [5, 5.41) is 0. The average molecular weight is 202 g/mol. The van der Waals surface area contributed by atoms with Crippen LogP contribution in [0.4, 0.5) is 0 Å². The zero-order valence-corrected chi connectivity index (χ0v) is 9.20. The third-order valence-corrected chi connectivity index (χ3v) is 1.65. The molecule has 0 rings (SSSR count). The summed E-state index contributed by atoms with van der Waals surface area (Å²) in [7, 11) is 0. The summed E-state index contributed by atoms with van der Waals surface area (Å²) in [5.41, 5.74) is 0. The van der Waals surface area contributed by atoms with Crippen LogP contribution in [0.25, 0.3) is 0 Å². The van der Waals surface area contributed by atoms with Crippen LogP contribution in [0.15, 0.2) is 0 Å². The van der Waals surface area contributed by atoms with Crippen LogP contribution in [-0.4, -0.2) is 24.6 Å². The first-order chi connectivity index (χ1) is 6.52. The number of hydrogen-bond donors (Lipinski definition) is 0. The lowest BCUT2D eigenvalue weighted by Gasteiger charge is -2.15. The Balaban J connectivity index is 4.15. The molecule has 4 nitrogen and oxygen atoms in total. The van der Waals surface area contributed by atoms with Crippen molar-refractivity contribution < 1.29 is 19.1 Å². The van der Waals surface area contributed by atoms with E-state index in [9.17, 15) is 9.59 Å².